The van der Waals surface area contributed by atoms with E-state index < -0.39 is 0 Å². The zero-order valence-electron chi connectivity index (χ0n) is 12.2. The van der Waals surface area contributed by atoms with Crippen LogP contribution in [-0.2, 0) is 0 Å². The zero-order valence-corrected chi connectivity index (χ0v) is 12.2. The third-order valence-electron chi connectivity index (χ3n) is 4.18. The molecule has 1 aromatic rings. The zero-order chi connectivity index (χ0) is 13.8. The van der Waals surface area contributed by atoms with Crippen LogP contribution in [0.15, 0.2) is 12.1 Å². The maximum Gasteiger partial charge on any atom is 0.127 e. The predicted molar refractivity (Wildman–Crippen MR) is 77.8 cm³/mol. The Kier molecular flexibility index (Phi) is 4.70. The highest BCUT2D eigenvalue weighted by atomic mass is 16.5. The van der Waals surface area contributed by atoms with Crippen molar-refractivity contribution in [1.29, 1.82) is 0 Å². The van der Waals surface area contributed by atoms with Gasteiger partial charge in [-0.05, 0) is 43.4 Å². The van der Waals surface area contributed by atoms with Crippen LogP contribution in [0.4, 0.5) is 0 Å². The highest BCUT2D eigenvalue weighted by Crippen LogP contribution is 2.41. The van der Waals surface area contributed by atoms with E-state index in [0.29, 0.717) is 5.92 Å². The predicted octanol–water partition coefficient (Wildman–Crippen LogP) is 3.59. The molecule has 0 aromatic heterocycles. The number of hydrogen-bond acceptors (Lipinski definition) is 3. The molecule has 2 rings (SSSR count). The van der Waals surface area contributed by atoms with Crippen LogP contribution in [0.1, 0.15) is 49.3 Å². The van der Waals surface area contributed by atoms with Gasteiger partial charge in [-0.2, -0.15) is 0 Å². The summed E-state index contributed by atoms with van der Waals surface area (Å²) in [4.78, 5) is 0. The molecule has 0 radical (unpaired) electrons. The monoisotopic (exact) mass is 263 g/mol. The van der Waals surface area contributed by atoms with Crippen LogP contribution in [0.5, 0.6) is 11.5 Å². The van der Waals surface area contributed by atoms with E-state index in [1.165, 1.54) is 32.1 Å². The summed E-state index contributed by atoms with van der Waals surface area (Å²) >= 11 is 0. The van der Waals surface area contributed by atoms with E-state index in [0.717, 1.165) is 22.6 Å². The summed E-state index contributed by atoms with van der Waals surface area (Å²) in [5.74, 6) is 2.25. The van der Waals surface area contributed by atoms with Crippen LogP contribution in [0.3, 0.4) is 0 Å². The lowest BCUT2D eigenvalue weighted by Crippen LogP contribution is -2.24. The van der Waals surface area contributed by atoms with Gasteiger partial charge in [0.1, 0.15) is 11.5 Å². The van der Waals surface area contributed by atoms with Gasteiger partial charge in [0.2, 0.25) is 0 Å². The van der Waals surface area contributed by atoms with Crippen LogP contribution in [-0.4, -0.2) is 14.2 Å². The van der Waals surface area contributed by atoms with Crippen LogP contribution in [0.2, 0.25) is 0 Å². The molecule has 0 heterocycles. The highest BCUT2D eigenvalue weighted by Gasteiger charge is 2.27. The van der Waals surface area contributed by atoms with Crippen molar-refractivity contribution in [3.63, 3.8) is 0 Å². The average Bonchev–Trinajstić information content (AvgIpc) is 2.46. The first-order valence-electron chi connectivity index (χ1n) is 7.15. The van der Waals surface area contributed by atoms with Gasteiger partial charge in [0.25, 0.3) is 0 Å². The Hall–Kier alpha value is -1.22. The second-order valence-electron chi connectivity index (χ2n) is 5.51. The molecule has 0 aliphatic heterocycles. The standard InChI is InChI=1S/C16H25NO2/c1-11-9-13(18-2)15(14(10-11)19-3)16(17)12-7-5-4-6-8-12/h9-10,12,16H,4-8,17H2,1-3H3/t16-/m1/s1. The number of hydrogen-bond donors (Lipinski definition) is 1. The first-order chi connectivity index (χ1) is 9.17. The van der Waals surface area contributed by atoms with Gasteiger partial charge in [-0.1, -0.05) is 19.3 Å². The van der Waals surface area contributed by atoms with Crippen molar-refractivity contribution in [2.24, 2.45) is 11.7 Å². The number of aryl methyl sites for hydroxylation is 1. The molecule has 1 aliphatic rings. The minimum absolute atomic E-state index is 0.00537. The minimum Gasteiger partial charge on any atom is -0.496 e. The summed E-state index contributed by atoms with van der Waals surface area (Å²) in [6.45, 7) is 2.04. The normalized spacial score (nSPS) is 18.1. The minimum atomic E-state index is 0.00537. The Morgan fingerprint density at radius 2 is 1.58 bits per heavy atom. The van der Waals surface area contributed by atoms with Gasteiger partial charge in [-0.15, -0.1) is 0 Å². The molecule has 1 aromatic carbocycles. The molecule has 3 heteroatoms. The number of benzene rings is 1. The SMILES string of the molecule is COc1cc(C)cc(OC)c1[C@H](N)C1CCCCC1. The molecular formula is C16H25NO2. The largest absolute Gasteiger partial charge is 0.496 e. The lowest BCUT2D eigenvalue weighted by Gasteiger charge is -2.29. The van der Waals surface area contributed by atoms with Gasteiger partial charge in [-0.3, -0.25) is 0 Å². The Balaban J connectivity index is 2.35. The molecule has 106 valence electrons. The Labute approximate surface area is 116 Å². The maximum absolute atomic E-state index is 6.51. The molecule has 0 spiro atoms. The molecule has 1 aliphatic carbocycles. The quantitative estimate of drug-likeness (QED) is 0.902. The van der Waals surface area contributed by atoms with E-state index in [-0.39, 0.29) is 6.04 Å². The van der Waals surface area contributed by atoms with E-state index in [1.807, 2.05) is 19.1 Å². The molecule has 1 fully saturated rings. The Morgan fingerprint density at radius 1 is 1.05 bits per heavy atom. The molecule has 1 saturated carbocycles. The van der Waals surface area contributed by atoms with Crippen LogP contribution in [0, 0.1) is 12.8 Å². The number of methoxy groups -OCH3 is 2. The fourth-order valence-corrected chi connectivity index (χ4v) is 3.13. The molecule has 0 unspecified atom stereocenters. The summed E-state index contributed by atoms with van der Waals surface area (Å²) in [5.41, 5.74) is 8.68. The fraction of sp³-hybridized carbons (Fsp3) is 0.625. The first kappa shape index (κ1) is 14.2. The summed E-state index contributed by atoms with van der Waals surface area (Å²) in [6, 6.07) is 4.09. The highest BCUT2D eigenvalue weighted by molar-refractivity contribution is 5.49. The maximum atomic E-state index is 6.51. The van der Waals surface area contributed by atoms with Gasteiger partial charge in [0.15, 0.2) is 0 Å². The summed E-state index contributed by atoms with van der Waals surface area (Å²) in [7, 11) is 3.40. The summed E-state index contributed by atoms with van der Waals surface area (Å²) < 4.78 is 11.0. The number of rotatable bonds is 4. The molecule has 2 N–H and O–H groups in total. The third-order valence-corrected chi connectivity index (χ3v) is 4.18. The van der Waals surface area contributed by atoms with E-state index in [9.17, 15) is 0 Å². The van der Waals surface area contributed by atoms with E-state index in [1.54, 1.807) is 14.2 Å². The van der Waals surface area contributed by atoms with Crippen LogP contribution in [0.25, 0.3) is 0 Å². The van der Waals surface area contributed by atoms with Gasteiger partial charge in [-0.25, -0.2) is 0 Å². The van der Waals surface area contributed by atoms with Crippen molar-refractivity contribution in [2.75, 3.05) is 14.2 Å². The van der Waals surface area contributed by atoms with Crippen molar-refractivity contribution < 1.29 is 9.47 Å². The molecule has 1 atom stereocenters. The number of nitrogens with two attached hydrogens (primary N) is 1. The van der Waals surface area contributed by atoms with Gasteiger partial charge in [0.05, 0.1) is 19.8 Å². The first-order valence-corrected chi connectivity index (χ1v) is 7.15. The van der Waals surface area contributed by atoms with Crippen molar-refractivity contribution in [1.82, 2.24) is 0 Å². The molecule has 19 heavy (non-hydrogen) atoms. The van der Waals surface area contributed by atoms with Gasteiger partial charge in [0, 0.05) is 6.04 Å². The summed E-state index contributed by atoms with van der Waals surface area (Å²) in [5, 5.41) is 0. The molecule has 0 amide bonds. The second kappa shape index (κ2) is 6.29. The number of ether oxygens (including phenoxy) is 2. The van der Waals surface area contributed by atoms with E-state index in [2.05, 4.69) is 0 Å². The van der Waals surface area contributed by atoms with E-state index in [4.69, 9.17) is 15.2 Å². The molecule has 3 nitrogen and oxygen atoms in total. The third kappa shape index (κ3) is 3.03. The Morgan fingerprint density at radius 3 is 2.05 bits per heavy atom. The lowest BCUT2D eigenvalue weighted by molar-refractivity contribution is 0.292. The Bertz CT molecular complexity index is 400. The summed E-state index contributed by atoms with van der Waals surface area (Å²) in [6.07, 6.45) is 6.33. The molecule has 0 bridgehead atoms. The van der Waals surface area contributed by atoms with Crippen LogP contribution >= 0.6 is 0 Å². The molecular weight excluding hydrogens is 238 g/mol. The van der Waals surface area contributed by atoms with Crippen molar-refractivity contribution in [2.45, 2.75) is 45.1 Å². The van der Waals surface area contributed by atoms with E-state index >= 15 is 0 Å². The lowest BCUT2D eigenvalue weighted by atomic mass is 9.81. The average molecular weight is 263 g/mol. The van der Waals surface area contributed by atoms with Gasteiger partial charge < -0.3 is 15.2 Å². The van der Waals surface area contributed by atoms with Gasteiger partial charge >= 0.3 is 0 Å². The molecule has 0 saturated heterocycles. The van der Waals surface area contributed by atoms with Crippen molar-refractivity contribution in [3.8, 4) is 11.5 Å². The second-order valence-corrected chi connectivity index (χ2v) is 5.51. The smallest absolute Gasteiger partial charge is 0.127 e. The fourth-order valence-electron chi connectivity index (χ4n) is 3.13. The van der Waals surface area contributed by atoms with Crippen LogP contribution < -0.4 is 15.2 Å². The topological polar surface area (TPSA) is 44.5 Å². The van der Waals surface area contributed by atoms with Crippen molar-refractivity contribution in [3.05, 3.63) is 23.3 Å². The van der Waals surface area contributed by atoms with Crippen molar-refractivity contribution >= 4 is 0 Å².